The first-order valence-corrected chi connectivity index (χ1v) is 9.18. The van der Waals surface area contributed by atoms with Crippen molar-refractivity contribution in [3.8, 4) is 0 Å². The van der Waals surface area contributed by atoms with Crippen LogP contribution in [-0.4, -0.2) is 10.7 Å². The van der Waals surface area contributed by atoms with Crippen molar-refractivity contribution in [2.45, 2.75) is 49.5 Å². The van der Waals surface area contributed by atoms with E-state index in [-0.39, 0.29) is 10.3 Å². The van der Waals surface area contributed by atoms with Gasteiger partial charge >= 0.3 is 0 Å². The van der Waals surface area contributed by atoms with E-state index in [1.54, 1.807) is 11.8 Å². The summed E-state index contributed by atoms with van der Waals surface area (Å²) in [6, 6.07) is 1.85. The molecule has 1 aliphatic rings. The summed E-state index contributed by atoms with van der Waals surface area (Å²) in [4.78, 5) is 17.5. The van der Waals surface area contributed by atoms with Crippen LogP contribution >= 0.6 is 27.7 Å². The summed E-state index contributed by atoms with van der Waals surface area (Å²) in [5.41, 5.74) is 3.31. The van der Waals surface area contributed by atoms with Gasteiger partial charge in [-0.05, 0) is 44.4 Å². The van der Waals surface area contributed by atoms with E-state index in [1.165, 1.54) is 0 Å². The van der Waals surface area contributed by atoms with Crippen molar-refractivity contribution in [2.24, 2.45) is 0 Å². The largest absolute Gasteiger partial charge is 0.447 e. The number of alkyl halides is 1. The number of thioether (sulfide) groups is 1. The summed E-state index contributed by atoms with van der Waals surface area (Å²) in [6.07, 6.45) is 2.19. The van der Waals surface area contributed by atoms with Crippen molar-refractivity contribution in [1.29, 1.82) is 0 Å². The molecule has 1 atom stereocenters. The van der Waals surface area contributed by atoms with Crippen molar-refractivity contribution in [3.63, 3.8) is 0 Å². The van der Waals surface area contributed by atoms with Crippen molar-refractivity contribution in [2.75, 3.05) is 5.75 Å². The van der Waals surface area contributed by atoms with Crippen LogP contribution in [0.5, 0.6) is 0 Å². The van der Waals surface area contributed by atoms with E-state index >= 15 is 0 Å². The highest BCUT2D eigenvalue weighted by atomic mass is 79.9. The minimum Gasteiger partial charge on any atom is -0.447 e. The zero-order valence-electron chi connectivity index (χ0n) is 12.4. The summed E-state index contributed by atoms with van der Waals surface area (Å²) < 4.78 is 6.13. The van der Waals surface area contributed by atoms with E-state index in [2.05, 4.69) is 27.8 Å². The van der Waals surface area contributed by atoms with Crippen molar-refractivity contribution in [3.05, 3.63) is 33.2 Å². The first-order valence-electron chi connectivity index (χ1n) is 7.28. The highest BCUT2D eigenvalue weighted by Gasteiger charge is 2.32. The number of fused-ring (bicyclic) bond motifs is 1. The Morgan fingerprint density at radius 2 is 2.24 bits per heavy atom. The van der Waals surface area contributed by atoms with E-state index in [0.717, 1.165) is 40.6 Å². The van der Waals surface area contributed by atoms with Gasteiger partial charge in [0.25, 0.3) is 0 Å². The molecule has 1 aliphatic carbocycles. The highest BCUT2D eigenvalue weighted by molar-refractivity contribution is 9.09. The summed E-state index contributed by atoms with van der Waals surface area (Å²) in [5.74, 6) is 1.28. The van der Waals surface area contributed by atoms with Gasteiger partial charge in [0.15, 0.2) is 16.1 Å². The van der Waals surface area contributed by atoms with Crippen molar-refractivity contribution >= 4 is 38.7 Å². The van der Waals surface area contributed by atoms with Crippen LogP contribution in [-0.2, 0) is 0 Å². The van der Waals surface area contributed by atoms with E-state index in [1.807, 2.05) is 19.9 Å². The van der Waals surface area contributed by atoms with Gasteiger partial charge < -0.3 is 4.42 Å². The molecule has 0 radical (unpaired) electrons. The Hall–Kier alpha value is -0.810. The molecule has 2 aromatic rings. The second-order valence-corrected chi connectivity index (χ2v) is 8.09. The fraction of sp³-hybridized carbons (Fsp3) is 0.500. The van der Waals surface area contributed by atoms with Crippen LogP contribution in [0.25, 0.3) is 11.0 Å². The number of halogens is 1. The number of hydrogen-bond donors (Lipinski definition) is 0. The average molecular weight is 368 g/mol. The molecule has 112 valence electrons. The Balaban J connectivity index is 2.36. The third-order valence-electron chi connectivity index (χ3n) is 3.67. The van der Waals surface area contributed by atoms with Crippen molar-refractivity contribution in [1.82, 2.24) is 4.98 Å². The molecule has 5 heteroatoms. The molecule has 0 spiro atoms. The average Bonchev–Trinajstić information content (AvgIpc) is 3.24. The molecule has 0 saturated heterocycles. The Bertz CT molecular complexity index is 750. The molecule has 0 bridgehead atoms. The summed E-state index contributed by atoms with van der Waals surface area (Å²) in [5, 5.41) is 1.46. The van der Waals surface area contributed by atoms with Gasteiger partial charge in [-0.15, -0.1) is 0 Å². The molecular formula is C16H18BrNO2S. The molecule has 3 rings (SSSR count). The van der Waals surface area contributed by atoms with Gasteiger partial charge in [0, 0.05) is 5.69 Å². The Morgan fingerprint density at radius 1 is 1.52 bits per heavy atom. The lowest BCUT2D eigenvalue weighted by Crippen LogP contribution is -2.12. The molecule has 0 aliphatic heterocycles. The quantitative estimate of drug-likeness (QED) is 0.566. The smallest absolute Gasteiger partial charge is 0.197 e. The van der Waals surface area contributed by atoms with Crippen LogP contribution in [0.1, 0.15) is 54.4 Å². The molecular weight excluding hydrogens is 350 g/mol. The highest BCUT2D eigenvalue weighted by Crippen LogP contribution is 2.44. The van der Waals surface area contributed by atoms with Gasteiger partial charge in [-0.2, -0.15) is 0 Å². The minimum absolute atomic E-state index is 0.0503. The molecule has 0 amide bonds. The minimum atomic E-state index is 0.0503. The van der Waals surface area contributed by atoms with Gasteiger partial charge in [0.2, 0.25) is 0 Å². The molecule has 1 unspecified atom stereocenters. The van der Waals surface area contributed by atoms with Crippen LogP contribution in [0.2, 0.25) is 0 Å². The number of aryl methyl sites for hydroxylation is 1. The number of pyridine rings is 1. The zero-order chi connectivity index (χ0) is 15.1. The molecule has 1 saturated carbocycles. The van der Waals surface area contributed by atoms with Gasteiger partial charge in [-0.3, -0.25) is 9.78 Å². The Kier molecular flexibility index (Phi) is 4.14. The molecule has 2 heterocycles. The fourth-order valence-electron chi connectivity index (χ4n) is 2.58. The number of hydrogen-bond acceptors (Lipinski definition) is 4. The predicted octanol–water partition coefficient (Wildman–Crippen LogP) is 4.94. The Morgan fingerprint density at radius 3 is 2.81 bits per heavy atom. The third kappa shape index (κ3) is 2.78. The van der Waals surface area contributed by atoms with Gasteiger partial charge in [-0.1, -0.05) is 34.6 Å². The van der Waals surface area contributed by atoms with Gasteiger partial charge in [-0.25, -0.2) is 0 Å². The fourth-order valence-corrected chi connectivity index (χ4v) is 3.71. The number of rotatable bonds is 4. The van der Waals surface area contributed by atoms with Crippen LogP contribution in [0, 0.1) is 6.92 Å². The zero-order valence-corrected chi connectivity index (χ0v) is 14.8. The maximum atomic E-state index is 12.9. The van der Waals surface area contributed by atoms with Crippen LogP contribution in [0.4, 0.5) is 0 Å². The van der Waals surface area contributed by atoms with Gasteiger partial charge in [0.1, 0.15) is 0 Å². The maximum Gasteiger partial charge on any atom is 0.197 e. The normalized spacial score (nSPS) is 16.4. The van der Waals surface area contributed by atoms with Crippen molar-refractivity contribution < 1.29 is 4.42 Å². The second-order valence-electron chi connectivity index (χ2n) is 5.48. The molecule has 0 N–H and O–H groups in total. The lowest BCUT2D eigenvalue weighted by Gasteiger charge is -2.12. The SMILES string of the molecule is CCSc1oc2c(C(C)Br)nc(C)cc2c(=O)c1C1CC1. The maximum absolute atomic E-state index is 12.9. The lowest BCUT2D eigenvalue weighted by atomic mass is 10.1. The molecule has 21 heavy (non-hydrogen) atoms. The molecule has 1 fully saturated rings. The lowest BCUT2D eigenvalue weighted by molar-refractivity contribution is 0.482. The predicted molar refractivity (Wildman–Crippen MR) is 90.7 cm³/mol. The summed E-state index contributed by atoms with van der Waals surface area (Å²) in [7, 11) is 0. The van der Waals surface area contributed by atoms with E-state index in [0.29, 0.717) is 16.9 Å². The third-order valence-corrected chi connectivity index (χ3v) is 4.96. The van der Waals surface area contributed by atoms with Crippen LogP contribution in [0.15, 0.2) is 20.4 Å². The second kappa shape index (κ2) is 5.76. The first kappa shape index (κ1) is 15.1. The van der Waals surface area contributed by atoms with E-state index in [9.17, 15) is 4.79 Å². The molecule has 3 nitrogen and oxygen atoms in total. The van der Waals surface area contributed by atoms with Crippen LogP contribution in [0.3, 0.4) is 0 Å². The number of nitrogens with zero attached hydrogens (tertiary/aromatic N) is 1. The Labute approximate surface area is 136 Å². The number of aromatic nitrogens is 1. The first-order chi connectivity index (χ1) is 10.0. The monoisotopic (exact) mass is 367 g/mol. The molecule has 2 aromatic heterocycles. The van der Waals surface area contributed by atoms with E-state index < -0.39 is 0 Å². The topological polar surface area (TPSA) is 43.1 Å². The summed E-state index contributed by atoms with van der Waals surface area (Å²) in [6.45, 7) is 6.00. The summed E-state index contributed by atoms with van der Waals surface area (Å²) >= 11 is 5.17. The molecule has 0 aromatic carbocycles. The van der Waals surface area contributed by atoms with Crippen LogP contribution < -0.4 is 5.43 Å². The van der Waals surface area contributed by atoms with Gasteiger partial charge in [0.05, 0.1) is 21.5 Å². The van der Waals surface area contributed by atoms with E-state index in [4.69, 9.17) is 4.42 Å². The standard InChI is InChI=1S/C16H18BrNO2S/c1-4-21-16-12(10-5-6-10)14(19)11-7-8(2)18-13(9(3)17)15(11)20-16/h7,9-10H,4-6H2,1-3H3.